The zero-order valence-electron chi connectivity index (χ0n) is 20.1. The van der Waals surface area contributed by atoms with Gasteiger partial charge in [-0.15, -0.1) is 0 Å². The molecule has 0 atom stereocenters. The van der Waals surface area contributed by atoms with E-state index in [1.54, 1.807) is 0 Å². The molecule has 2 aliphatic rings. The van der Waals surface area contributed by atoms with E-state index in [0.29, 0.717) is 23.1 Å². The van der Waals surface area contributed by atoms with Crippen molar-refractivity contribution in [1.82, 2.24) is 10.3 Å². The van der Waals surface area contributed by atoms with Gasteiger partial charge in [-0.1, -0.05) is 35.9 Å². The van der Waals surface area contributed by atoms with E-state index in [1.165, 1.54) is 24.5 Å². The van der Waals surface area contributed by atoms with E-state index in [4.69, 9.17) is 4.98 Å². The Kier molecular flexibility index (Phi) is 5.58. The molecule has 0 radical (unpaired) electrons. The van der Waals surface area contributed by atoms with Gasteiger partial charge in [-0.2, -0.15) is 5.26 Å². The first-order valence-corrected chi connectivity index (χ1v) is 12.4. The average Bonchev–Trinajstić information content (AvgIpc) is 3.68. The van der Waals surface area contributed by atoms with Crippen molar-refractivity contribution >= 4 is 16.6 Å². The van der Waals surface area contributed by atoms with Crippen LogP contribution in [0.2, 0.25) is 0 Å². The minimum absolute atomic E-state index is 0.0781. The van der Waals surface area contributed by atoms with Crippen molar-refractivity contribution in [3.05, 3.63) is 77.7 Å². The summed E-state index contributed by atoms with van der Waals surface area (Å²) >= 11 is 0. The molecule has 0 unspecified atom stereocenters. The van der Waals surface area contributed by atoms with Gasteiger partial charge in [-0.05, 0) is 55.2 Å². The van der Waals surface area contributed by atoms with Crippen molar-refractivity contribution in [2.24, 2.45) is 5.92 Å². The summed E-state index contributed by atoms with van der Waals surface area (Å²) < 4.78 is 14.3. The first-order chi connectivity index (χ1) is 17.5. The van der Waals surface area contributed by atoms with Crippen molar-refractivity contribution in [2.75, 3.05) is 24.5 Å². The number of nitrogens with one attached hydrogen (secondary N) is 1. The molecule has 1 saturated heterocycles. The summed E-state index contributed by atoms with van der Waals surface area (Å²) in [7, 11) is 0. The summed E-state index contributed by atoms with van der Waals surface area (Å²) in [4.78, 5) is 7.16. The third kappa shape index (κ3) is 4.16. The Balaban J connectivity index is 1.47. The molecule has 6 rings (SSSR count). The van der Waals surface area contributed by atoms with Crippen LogP contribution in [0.3, 0.4) is 0 Å². The lowest BCUT2D eigenvalue weighted by molar-refractivity contribution is 0.385. The minimum atomic E-state index is -0.556. The van der Waals surface area contributed by atoms with Gasteiger partial charge in [0.1, 0.15) is 17.6 Å². The number of nitrogens with zero attached hydrogens (tertiary/aromatic N) is 3. The molecule has 5 nitrogen and oxygen atoms in total. The van der Waals surface area contributed by atoms with E-state index in [-0.39, 0.29) is 11.3 Å². The van der Waals surface area contributed by atoms with Crippen LogP contribution < -0.4 is 10.2 Å². The van der Waals surface area contributed by atoms with Gasteiger partial charge < -0.3 is 15.3 Å². The first kappa shape index (κ1) is 22.5. The SMILES string of the molecule is Cc1cccc(-c2cnc3ccc(-c4cc(F)cc(C#N)c4O)cc3c2N2CC(CNC3CC3)C2)c1. The number of fused-ring (bicyclic) bond motifs is 1. The number of hydrogen-bond acceptors (Lipinski definition) is 5. The van der Waals surface area contributed by atoms with E-state index in [9.17, 15) is 14.8 Å². The van der Waals surface area contributed by atoms with Crippen molar-refractivity contribution in [1.29, 1.82) is 5.26 Å². The molecule has 4 aromatic rings. The second kappa shape index (κ2) is 8.92. The van der Waals surface area contributed by atoms with Crippen LogP contribution >= 0.6 is 0 Å². The highest BCUT2D eigenvalue weighted by Gasteiger charge is 2.32. The molecule has 1 aliphatic heterocycles. The molecule has 1 saturated carbocycles. The number of hydrogen-bond donors (Lipinski definition) is 2. The van der Waals surface area contributed by atoms with E-state index in [1.807, 2.05) is 30.5 Å². The van der Waals surface area contributed by atoms with Gasteiger partial charge in [-0.25, -0.2) is 4.39 Å². The van der Waals surface area contributed by atoms with Gasteiger partial charge in [-0.3, -0.25) is 4.98 Å². The summed E-state index contributed by atoms with van der Waals surface area (Å²) in [5.74, 6) is -0.175. The van der Waals surface area contributed by atoms with E-state index in [0.717, 1.165) is 53.4 Å². The average molecular weight is 479 g/mol. The maximum atomic E-state index is 14.3. The monoisotopic (exact) mass is 478 g/mol. The molecule has 0 amide bonds. The van der Waals surface area contributed by atoms with Crippen LogP contribution in [0.4, 0.5) is 10.1 Å². The normalized spacial score (nSPS) is 15.6. The first-order valence-electron chi connectivity index (χ1n) is 12.4. The summed E-state index contributed by atoms with van der Waals surface area (Å²) in [5.41, 5.74) is 6.14. The zero-order valence-corrected chi connectivity index (χ0v) is 20.1. The zero-order chi connectivity index (χ0) is 24.8. The lowest BCUT2D eigenvalue weighted by Gasteiger charge is -2.42. The largest absolute Gasteiger partial charge is 0.506 e. The quantitative estimate of drug-likeness (QED) is 0.367. The van der Waals surface area contributed by atoms with Gasteiger partial charge in [0.15, 0.2) is 0 Å². The number of phenolic OH excluding ortho intramolecular Hbond substituents is 1. The number of aromatic nitrogens is 1. The van der Waals surface area contributed by atoms with E-state index < -0.39 is 5.82 Å². The molecule has 1 aromatic heterocycles. The smallest absolute Gasteiger partial charge is 0.141 e. The van der Waals surface area contributed by atoms with Crippen LogP contribution in [0.25, 0.3) is 33.2 Å². The number of anilines is 1. The number of pyridine rings is 1. The van der Waals surface area contributed by atoms with Crippen molar-refractivity contribution in [3.63, 3.8) is 0 Å². The predicted molar refractivity (Wildman–Crippen MR) is 140 cm³/mol. The number of nitriles is 1. The second-order valence-electron chi connectivity index (χ2n) is 10.0. The Hall–Kier alpha value is -3.95. The van der Waals surface area contributed by atoms with Gasteiger partial charge in [0, 0.05) is 54.3 Å². The highest BCUT2D eigenvalue weighted by molar-refractivity contribution is 6.02. The standard InChI is InChI=1S/C30H27FN4O/c1-18-3-2-4-20(9-18)27-15-34-28-8-5-21(25-12-23(31)10-22(13-32)30(25)36)11-26(28)29(27)35-16-19(17-35)14-33-24-6-7-24/h2-5,8-12,15,19,24,33,36H,6-7,14,16-17H2,1H3. The molecule has 180 valence electrons. The molecule has 3 aromatic carbocycles. The van der Waals surface area contributed by atoms with Gasteiger partial charge in [0.2, 0.25) is 0 Å². The summed E-state index contributed by atoms with van der Waals surface area (Å²) in [6.45, 7) is 5.01. The summed E-state index contributed by atoms with van der Waals surface area (Å²) in [5, 5.41) is 24.6. The third-order valence-corrected chi connectivity index (χ3v) is 7.22. The van der Waals surface area contributed by atoms with Crippen LogP contribution in [-0.2, 0) is 0 Å². The Labute approximate surface area is 209 Å². The number of halogens is 1. The minimum Gasteiger partial charge on any atom is -0.506 e. The molecule has 2 fully saturated rings. The van der Waals surface area contributed by atoms with Gasteiger partial charge in [0.05, 0.1) is 16.8 Å². The second-order valence-corrected chi connectivity index (χ2v) is 10.0. The molecular formula is C30H27FN4O. The molecular weight excluding hydrogens is 451 g/mol. The fourth-order valence-corrected chi connectivity index (χ4v) is 5.12. The Morgan fingerprint density at radius 3 is 2.64 bits per heavy atom. The fourth-order valence-electron chi connectivity index (χ4n) is 5.12. The topological polar surface area (TPSA) is 72.2 Å². The van der Waals surface area contributed by atoms with Crippen molar-refractivity contribution < 1.29 is 9.50 Å². The molecule has 2 heterocycles. The summed E-state index contributed by atoms with van der Waals surface area (Å²) in [6.07, 6.45) is 4.51. The van der Waals surface area contributed by atoms with E-state index in [2.05, 4.69) is 41.4 Å². The van der Waals surface area contributed by atoms with Gasteiger partial charge in [0.25, 0.3) is 0 Å². The number of phenols is 1. The summed E-state index contributed by atoms with van der Waals surface area (Å²) in [6, 6.07) is 19.0. The highest BCUT2D eigenvalue weighted by atomic mass is 19.1. The van der Waals surface area contributed by atoms with E-state index >= 15 is 0 Å². The lowest BCUT2D eigenvalue weighted by Crippen LogP contribution is -2.51. The van der Waals surface area contributed by atoms with Gasteiger partial charge >= 0.3 is 0 Å². The number of aromatic hydroxyl groups is 1. The lowest BCUT2D eigenvalue weighted by atomic mass is 9.92. The number of rotatable bonds is 6. The number of benzene rings is 3. The predicted octanol–water partition coefficient (Wildman–Crippen LogP) is 5.78. The molecule has 0 bridgehead atoms. The van der Waals surface area contributed by atoms with Crippen LogP contribution in [0.15, 0.2) is 60.8 Å². The maximum Gasteiger partial charge on any atom is 0.141 e. The van der Waals surface area contributed by atoms with Crippen molar-refractivity contribution in [2.45, 2.75) is 25.8 Å². The fraction of sp³-hybridized carbons (Fsp3) is 0.267. The van der Waals surface area contributed by atoms with Crippen LogP contribution in [0, 0.1) is 30.0 Å². The Bertz CT molecular complexity index is 1520. The molecule has 1 aliphatic carbocycles. The van der Waals surface area contributed by atoms with Crippen LogP contribution in [0.5, 0.6) is 5.75 Å². The molecule has 0 spiro atoms. The molecule has 36 heavy (non-hydrogen) atoms. The van der Waals surface area contributed by atoms with Crippen LogP contribution in [0.1, 0.15) is 24.0 Å². The van der Waals surface area contributed by atoms with Crippen LogP contribution in [-0.4, -0.2) is 35.8 Å². The number of aryl methyl sites for hydroxylation is 1. The maximum absolute atomic E-state index is 14.3. The Morgan fingerprint density at radius 1 is 1.08 bits per heavy atom. The highest BCUT2D eigenvalue weighted by Crippen LogP contribution is 2.42. The molecule has 2 N–H and O–H groups in total. The molecule has 6 heteroatoms. The third-order valence-electron chi connectivity index (χ3n) is 7.22. The van der Waals surface area contributed by atoms with Crippen molar-refractivity contribution in [3.8, 4) is 34.1 Å². The Morgan fingerprint density at radius 2 is 1.89 bits per heavy atom.